The highest BCUT2D eigenvalue weighted by Crippen LogP contribution is 2.17. The zero-order valence-corrected chi connectivity index (χ0v) is 11.4. The third-order valence-electron chi connectivity index (χ3n) is 2.84. The molecule has 0 unspecified atom stereocenters. The van der Waals surface area contributed by atoms with Gasteiger partial charge in [0.15, 0.2) is 6.29 Å². The standard InChI is InChI=1S/C14H16N4O2/c1-10(2)11-3-5-12(6-4-11)15-14(20)8-18-7-13(9-19)16-17-18/h3-7,9-10H,8H2,1-2H3,(H,15,20). The second-order valence-corrected chi connectivity index (χ2v) is 4.78. The first-order chi connectivity index (χ1) is 9.58. The van der Waals surface area contributed by atoms with Crippen molar-refractivity contribution in [3.8, 4) is 0 Å². The lowest BCUT2D eigenvalue weighted by molar-refractivity contribution is -0.116. The fourth-order valence-corrected chi connectivity index (χ4v) is 1.74. The fourth-order valence-electron chi connectivity index (χ4n) is 1.74. The minimum Gasteiger partial charge on any atom is -0.324 e. The van der Waals surface area contributed by atoms with E-state index in [0.29, 0.717) is 12.2 Å². The molecule has 20 heavy (non-hydrogen) atoms. The number of nitrogens with zero attached hydrogens (tertiary/aromatic N) is 3. The van der Waals surface area contributed by atoms with Crippen molar-refractivity contribution in [2.45, 2.75) is 26.3 Å². The maximum Gasteiger partial charge on any atom is 0.246 e. The predicted octanol–water partition coefficient (Wildman–Crippen LogP) is 1.85. The van der Waals surface area contributed by atoms with E-state index >= 15 is 0 Å². The number of carbonyl (C=O) groups excluding carboxylic acids is 2. The van der Waals surface area contributed by atoms with E-state index < -0.39 is 0 Å². The first-order valence-electron chi connectivity index (χ1n) is 6.33. The molecule has 6 heteroatoms. The molecule has 0 spiro atoms. The van der Waals surface area contributed by atoms with Crippen LogP contribution in [0.4, 0.5) is 5.69 Å². The van der Waals surface area contributed by atoms with Gasteiger partial charge in [-0.15, -0.1) is 5.10 Å². The van der Waals surface area contributed by atoms with E-state index in [1.54, 1.807) is 0 Å². The molecule has 0 fully saturated rings. The van der Waals surface area contributed by atoms with Crippen LogP contribution in [0.2, 0.25) is 0 Å². The van der Waals surface area contributed by atoms with Crippen LogP contribution in [0.5, 0.6) is 0 Å². The molecule has 104 valence electrons. The minimum absolute atomic E-state index is 0.0206. The van der Waals surface area contributed by atoms with Crippen LogP contribution in [-0.4, -0.2) is 27.2 Å². The average Bonchev–Trinajstić information content (AvgIpc) is 2.86. The second-order valence-electron chi connectivity index (χ2n) is 4.78. The van der Waals surface area contributed by atoms with Gasteiger partial charge < -0.3 is 5.32 Å². The Morgan fingerprint density at radius 2 is 2.05 bits per heavy atom. The lowest BCUT2D eigenvalue weighted by atomic mass is 10.0. The predicted molar refractivity (Wildman–Crippen MR) is 74.6 cm³/mol. The first kappa shape index (κ1) is 13.9. The molecule has 0 saturated carbocycles. The number of aldehydes is 1. The molecule has 1 N–H and O–H groups in total. The van der Waals surface area contributed by atoms with E-state index in [1.165, 1.54) is 16.4 Å². The molecular weight excluding hydrogens is 256 g/mol. The highest BCUT2D eigenvalue weighted by Gasteiger charge is 2.06. The topological polar surface area (TPSA) is 76.9 Å². The molecule has 1 amide bonds. The number of hydrogen-bond donors (Lipinski definition) is 1. The van der Waals surface area contributed by atoms with Gasteiger partial charge in [-0.05, 0) is 23.6 Å². The molecule has 0 bridgehead atoms. The van der Waals surface area contributed by atoms with Crippen molar-refractivity contribution in [3.63, 3.8) is 0 Å². The monoisotopic (exact) mass is 272 g/mol. The van der Waals surface area contributed by atoms with Gasteiger partial charge in [-0.2, -0.15) is 0 Å². The van der Waals surface area contributed by atoms with E-state index in [4.69, 9.17) is 0 Å². The summed E-state index contributed by atoms with van der Waals surface area (Å²) < 4.78 is 1.32. The third-order valence-corrected chi connectivity index (χ3v) is 2.84. The second kappa shape index (κ2) is 6.10. The summed E-state index contributed by atoms with van der Waals surface area (Å²) in [6.07, 6.45) is 2.01. The number of nitrogens with one attached hydrogen (secondary N) is 1. The number of rotatable bonds is 5. The molecule has 1 aromatic carbocycles. The van der Waals surface area contributed by atoms with E-state index in [-0.39, 0.29) is 18.1 Å². The van der Waals surface area contributed by atoms with E-state index in [9.17, 15) is 9.59 Å². The zero-order valence-electron chi connectivity index (χ0n) is 11.4. The van der Waals surface area contributed by atoms with Gasteiger partial charge in [-0.3, -0.25) is 9.59 Å². The van der Waals surface area contributed by atoms with Gasteiger partial charge in [0.1, 0.15) is 12.2 Å². The maximum absolute atomic E-state index is 11.8. The third kappa shape index (κ3) is 3.50. The van der Waals surface area contributed by atoms with Crippen molar-refractivity contribution in [2.24, 2.45) is 0 Å². The van der Waals surface area contributed by atoms with Crippen LogP contribution in [0.1, 0.15) is 35.8 Å². The van der Waals surface area contributed by atoms with E-state index in [2.05, 4.69) is 29.5 Å². The Bertz CT molecular complexity index is 602. The highest BCUT2D eigenvalue weighted by molar-refractivity contribution is 5.90. The smallest absolute Gasteiger partial charge is 0.246 e. The molecule has 2 rings (SSSR count). The number of hydrogen-bond acceptors (Lipinski definition) is 4. The van der Waals surface area contributed by atoms with Crippen LogP contribution in [-0.2, 0) is 11.3 Å². The Morgan fingerprint density at radius 3 is 2.60 bits per heavy atom. The highest BCUT2D eigenvalue weighted by atomic mass is 16.2. The molecule has 1 aromatic heterocycles. The largest absolute Gasteiger partial charge is 0.324 e. The Morgan fingerprint density at radius 1 is 1.35 bits per heavy atom. The van der Waals surface area contributed by atoms with Gasteiger partial charge in [0, 0.05) is 5.69 Å². The van der Waals surface area contributed by atoms with Crippen molar-refractivity contribution in [1.82, 2.24) is 15.0 Å². The van der Waals surface area contributed by atoms with Crippen molar-refractivity contribution in [1.29, 1.82) is 0 Å². The summed E-state index contributed by atoms with van der Waals surface area (Å²) in [6.45, 7) is 4.25. The Labute approximate surface area is 116 Å². The lowest BCUT2D eigenvalue weighted by Crippen LogP contribution is -2.19. The number of amides is 1. The Kier molecular flexibility index (Phi) is 4.24. The van der Waals surface area contributed by atoms with Gasteiger partial charge in [0.25, 0.3) is 0 Å². The number of anilines is 1. The normalized spacial score (nSPS) is 10.6. The molecular formula is C14H16N4O2. The molecule has 1 heterocycles. The van der Waals surface area contributed by atoms with Crippen molar-refractivity contribution < 1.29 is 9.59 Å². The quantitative estimate of drug-likeness (QED) is 0.843. The molecule has 0 aliphatic carbocycles. The van der Waals surface area contributed by atoms with Gasteiger partial charge in [-0.1, -0.05) is 31.2 Å². The van der Waals surface area contributed by atoms with Crippen molar-refractivity contribution >= 4 is 17.9 Å². The zero-order chi connectivity index (χ0) is 14.5. The van der Waals surface area contributed by atoms with Crippen LogP contribution in [0, 0.1) is 0 Å². The van der Waals surface area contributed by atoms with Gasteiger partial charge in [0.2, 0.25) is 5.91 Å². The SMILES string of the molecule is CC(C)c1ccc(NC(=O)Cn2cc(C=O)nn2)cc1. The van der Waals surface area contributed by atoms with Crippen LogP contribution in [0.15, 0.2) is 30.5 Å². The summed E-state index contributed by atoms with van der Waals surface area (Å²) in [5.74, 6) is 0.237. The molecule has 0 radical (unpaired) electrons. The van der Waals surface area contributed by atoms with Crippen molar-refractivity contribution in [3.05, 3.63) is 41.7 Å². The minimum atomic E-state index is -0.218. The lowest BCUT2D eigenvalue weighted by Gasteiger charge is -2.08. The molecule has 0 atom stereocenters. The summed E-state index contributed by atoms with van der Waals surface area (Å²) in [5.41, 5.74) is 2.16. The number of aromatic nitrogens is 3. The summed E-state index contributed by atoms with van der Waals surface area (Å²) in [7, 11) is 0. The summed E-state index contributed by atoms with van der Waals surface area (Å²) in [6, 6.07) is 7.71. The van der Waals surface area contributed by atoms with Crippen LogP contribution >= 0.6 is 0 Å². The Hall–Kier alpha value is -2.50. The van der Waals surface area contributed by atoms with Crippen LogP contribution in [0.3, 0.4) is 0 Å². The summed E-state index contributed by atoms with van der Waals surface area (Å²) in [4.78, 5) is 22.3. The van der Waals surface area contributed by atoms with E-state index in [0.717, 1.165) is 5.69 Å². The van der Waals surface area contributed by atoms with Crippen LogP contribution < -0.4 is 5.32 Å². The molecule has 0 aliphatic heterocycles. The number of carbonyl (C=O) groups is 2. The Balaban J connectivity index is 1.95. The molecule has 6 nitrogen and oxygen atoms in total. The summed E-state index contributed by atoms with van der Waals surface area (Å²) in [5, 5.41) is 10.0. The molecule has 0 aliphatic rings. The first-order valence-corrected chi connectivity index (χ1v) is 6.33. The van der Waals surface area contributed by atoms with E-state index in [1.807, 2.05) is 24.3 Å². The summed E-state index contributed by atoms with van der Waals surface area (Å²) >= 11 is 0. The molecule has 2 aromatic rings. The molecule has 0 saturated heterocycles. The van der Waals surface area contributed by atoms with Gasteiger partial charge in [0.05, 0.1) is 6.20 Å². The van der Waals surface area contributed by atoms with Crippen LogP contribution in [0.25, 0.3) is 0 Å². The van der Waals surface area contributed by atoms with Gasteiger partial charge >= 0.3 is 0 Å². The van der Waals surface area contributed by atoms with Crippen molar-refractivity contribution in [2.75, 3.05) is 5.32 Å². The number of benzene rings is 1. The maximum atomic E-state index is 11.8. The fraction of sp³-hybridized carbons (Fsp3) is 0.286. The van der Waals surface area contributed by atoms with Gasteiger partial charge in [-0.25, -0.2) is 4.68 Å². The average molecular weight is 272 g/mol.